The van der Waals surface area contributed by atoms with Gasteiger partial charge < -0.3 is 14.9 Å². The van der Waals surface area contributed by atoms with E-state index in [4.69, 9.17) is 0 Å². The zero-order valence-electron chi connectivity index (χ0n) is 21.9. The van der Waals surface area contributed by atoms with Crippen LogP contribution in [0.3, 0.4) is 0 Å². The number of rotatable bonds is 9. The molecule has 0 saturated carbocycles. The molecule has 3 rings (SSSR count). The number of aromatic nitrogens is 1. The third-order valence-corrected chi connectivity index (χ3v) is 7.08. The first-order valence-corrected chi connectivity index (χ1v) is 12.2. The number of likely N-dealkylation sites (tertiary alicyclic amines) is 1. The molecule has 190 valence electrons. The Labute approximate surface area is 213 Å². The average Bonchev–Trinajstić information content (AvgIpc) is 3.13. The van der Waals surface area contributed by atoms with E-state index in [0.717, 1.165) is 33.4 Å². The van der Waals surface area contributed by atoms with Crippen molar-refractivity contribution in [2.45, 2.75) is 72.5 Å². The summed E-state index contributed by atoms with van der Waals surface area (Å²) >= 11 is 0. The largest absolute Gasteiger partial charge is 0.481 e. The van der Waals surface area contributed by atoms with E-state index in [0.29, 0.717) is 18.4 Å². The Morgan fingerprint density at radius 2 is 1.89 bits per heavy atom. The van der Waals surface area contributed by atoms with Crippen molar-refractivity contribution in [1.82, 2.24) is 14.8 Å². The number of hydrogen-bond donors (Lipinski definition) is 1. The number of carboxylic acids is 1. The number of benzene rings is 1. The van der Waals surface area contributed by atoms with Crippen molar-refractivity contribution >= 4 is 18.3 Å². The number of carboxylic acid groups (broad SMARTS) is 1. The Bertz CT molecular complexity index is 1200. The van der Waals surface area contributed by atoms with Crippen molar-refractivity contribution in [2.75, 3.05) is 0 Å². The van der Waals surface area contributed by atoms with Gasteiger partial charge >= 0.3 is 5.97 Å². The van der Waals surface area contributed by atoms with Crippen molar-refractivity contribution in [2.24, 2.45) is 0 Å². The molecule has 1 fully saturated rings. The molecule has 1 aliphatic rings. The number of amides is 2. The van der Waals surface area contributed by atoms with E-state index in [1.54, 1.807) is 23.5 Å². The zero-order chi connectivity index (χ0) is 26.6. The highest BCUT2D eigenvalue weighted by Gasteiger charge is 2.44. The van der Waals surface area contributed by atoms with Crippen LogP contribution in [0.2, 0.25) is 0 Å². The van der Waals surface area contributed by atoms with Crippen LogP contribution in [0, 0.1) is 13.8 Å². The summed E-state index contributed by atoms with van der Waals surface area (Å²) in [5.74, 6) is -1.27. The molecule has 2 unspecified atom stereocenters. The Kier molecular flexibility index (Phi) is 8.45. The number of aliphatic carboxylic acids is 1. The second-order valence-corrected chi connectivity index (χ2v) is 9.57. The molecular formula is C29H35N3O4. The van der Waals surface area contributed by atoms with Crippen LogP contribution in [-0.2, 0) is 14.4 Å². The summed E-state index contributed by atoms with van der Waals surface area (Å²) in [6, 6.07) is 6.33. The molecule has 0 radical (unpaired) electrons. The molecule has 0 bridgehead atoms. The minimum atomic E-state index is -1.01. The second-order valence-electron chi connectivity index (χ2n) is 9.57. The molecule has 0 spiro atoms. The van der Waals surface area contributed by atoms with Crippen LogP contribution in [0.15, 0.2) is 60.1 Å². The number of nitrogens with zero attached hydrogens (tertiary/aromatic N) is 3. The van der Waals surface area contributed by atoms with Crippen molar-refractivity contribution < 1.29 is 19.5 Å². The third kappa shape index (κ3) is 5.56. The van der Waals surface area contributed by atoms with Gasteiger partial charge in [-0.1, -0.05) is 29.8 Å². The van der Waals surface area contributed by atoms with Crippen LogP contribution in [0.5, 0.6) is 0 Å². The lowest BCUT2D eigenvalue weighted by Crippen LogP contribution is -2.41. The van der Waals surface area contributed by atoms with Gasteiger partial charge in [0.1, 0.15) is 6.04 Å². The van der Waals surface area contributed by atoms with E-state index in [1.807, 2.05) is 71.9 Å². The quantitative estimate of drug-likeness (QED) is 0.386. The standard InChI is InChI=1S/C29H35N3O4/c1-7-18(2)21(5)16-31(17-33)26-11-22(6)32(29(26)36)25(13-27(34)35)23-12-24(15-30-14-23)28-19(3)9-8-10-20(28)4/h7-10,12,14-17,22,25-26H,11,13H2,1-6H3,(H,34,35)/b18-7-,21-16-/t22?,25-,26?/m1/s1. The molecule has 0 aliphatic carbocycles. The van der Waals surface area contributed by atoms with Gasteiger partial charge in [-0.25, -0.2) is 0 Å². The van der Waals surface area contributed by atoms with Gasteiger partial charge in [-0.3, -0.25) is 19.4 Å². The van der Waals surface area contributed by atoms with Crippen molar-refractivity contribution in [3.05, 3.63) is 76.8 Å². The summed E-state index contributed by atoms with van der Waals surface area (Å²) in [4.78, 5) is 45.0. The predicted octanol–water partition coefficient (Wildman–Crippen LogP) is 5.20. The highest BCUT2D eigenvalue weighted by Crippen LogP contribution is 2.36. The highest BCUT2D eigenvalue weighted by molar-refractivity contribution is 5.87. The fourth-order valence-corrected chi connectivity index (χ4v) is 4.97. The number of pyridine rings is 1. The molecule has 1 aliphatic heterocycles. The molecule has 7 nitrogen and oxygen atoms in total. The summed E-state index contributed by atoms with van der Waals surface area (Å²) in [6.07, 6.45) is 7.86. The molecule has 2 amide bonds. The average molecular weight is 490 g/mol. The van der Waals surface area contributed by atoms with Gasteiger partial charge in [0, 0.05) is 30.2 Å². The highest BCUT2D eigenvalue weighted by atomic mass is 16.4. The van der Waals surface area contributed by atoms with Crippen LogP contribution in [0.1, 0.15) is 63.3 Å². The number of carbonyl (C=O) groups is 3. The van der Waals surface area contributed by atoms with E-state index in [1.165, 1.54) is 4.90 Å². The minimum absolute atomic E-state index is 0.255. The van der Waals surface area contributed by atoms with Gasteiger partial charge in [-0.2, -0.15) is 0 Å². The van der Waals surface area contributed by atoms with E-state index < -0.39 is 18.1 Å². The van der Waals surface area contributed by atoms with Gasteiger partial charge in [-0.15, -0.1) is 0 Å². The first-order chi connectivity index (χ1) is 17.1. The molecular weight excluding hydrogens is 454 g/mol. The van der Waals surface area contributed by atoms with E-state index in [9.17, 15) is 19.5 Å². The van der Waals surface area contributed by atoms with Crippen molar-refractivity contribution in [3.8, 4) is 11.1 Å². The van der Waals surface area contributed by atoms with Crippen molar-refractivity contribution in [1.29, 1.82) is 0 Å². The van der Waals surface area contributed by atoms with Gasteiger partial charge in [0.2, 0.25) is 12.3 Å². The second kappa shape index (κ2) is 11.3. The molecule has 1 aromatic carbocycles. The number of hydrogen-bond acceptors (Lipinski definition) is 4. The number of aryl methyl sites for hydroxylation is 2. The molecule has 1 saturated heterocycles. The summed E-state index contributed by atoms with van der Waals surface area (Å²) in [6.45, 7) is 11.7. The first kappa shape index (κ1) is 26.9. The SMILES string of the molecule is C/C=C(C)\C(C)=C/N(C=O)C1CC(C)N([C@H](CC(=O)O)c2cncc(-c3c(C)cccc3C)c2)C1=O. The topological polar surface area (TPSA) is 90.8 Å². The molecule has 3 atom stereocenters. The fraction of sp³-hybridized carbons (Fsp3) is 0.379. The maximum atomic E-state index is 13.7. The monoisotopic (exact) mass is 489 g/mol. The Morgan fingerprint density at radius 1 is 1.22 bits per heavy atom. The molecule has 2 heterocycles. The van der Waals surface area contributed by atoms with Crippen LogP contribution in [-0.4, -0.2) is 50.3 Å². The first-order valence-electron chi connectivity index (χ1n) is 12.2. The van der Waals surface area contributed by atoms with Gasteiger partial charge in [0.15, 0.2) is 0 Å². The number of allylic oxidation sites excluding steroid dienone is 3. The lowest BCUT2D eigenvalue weighted by Gasteiger charge is -2.31. The van der Waals surface area contributed by atoms with E-state index in [2.05, 4.69) is 4.98 Å². The third-order valence-electron chi connectivity index (χ3n) is 7.08. The van der Waals surface area contributed by atoms with Gasteiger partial charge in [-0.05, 0) is 81.9 Å². The maximum absolute atomic E-state index is 13.7. The summed E-state index contributed by atoms with van der Waals surface area (Å²) < 4.78 is 0. The van der Waals surface area contributed by atoms with Crippen LogP contribution < -0.4 is 0 Å². The molecule has 1 aromatic heterocycles. The maximum Gasteiger partial charge on any atom is 0.305 e. The zero-order valence-corrected chi connectivity index (χ0v) is 21.9. The normalized spacial score (nSPS) is 19.4. The lowest BCUT2D eigenvalue weighted by molar-refractivity contribution is -0.142. The lowest BCUT2D eigenvalue weighted by atomic mass is 9.94. The molecule has 7 heteroatoms. The summed E-state index contributed by atoms with van der Waals surface area (Å²) in [7, 11) is 0. The van der Waals surface area contributed by atoms with Gasteiger partial charge in [0.25, 0.3) is 0 Å². The van der Waals surface area contributed by atoms with Crippen LogP contribution in [0.4, 0.5) is 0 Å². The van der Waals surface area contributed by atoms with Gasteiger partial charge in [0.05, 0.1) is 12.5 Å². The fourth-order valence-electron chi connectivity index (χ4n) is 4.97. The Hall–Kier alpha value is -3.74. The molecule has 1 N–H and O–H groups in total. The Balaban J connectivity index is 2.02. The molecule has 36 heavy (non-hydrogen) atoms. The van der Waals surface area contributed by atoms with Crippen LogP contribution >= 0.6 is 0 Å². The smallest absolute Gasteiger partial charge is 0.305 e. The van der Waals surface area contributed by atoms with Crippen LogP contribution in [0.25, 0.3) is 11.1 Å². The minimum Gasteiger partial charge on any atom is -0.481 e. The summed E-state index contributed by atoms with van der Waals surface area (Å²) in [5, 5.41) is 9.74. The summed E-state index contributed by atoms with van der Waals surface area (Å²) in [5.41, 5.74) is 6.67. The van der Waals surface area contributed by atoms with E-state index >= 15 is 0 Å². The predicted molar refractivity (Wildman–Crippen MR) is 140 cm³/mol. The van der Waals surface area contributed by atoms with E-state index in [-0.39, 0.29) is 18.4 Å². The Morgan fingerprint density at radius 3 is 2.47 bits per heavy atom. The van der Waals surface area contributed by atoms with Crippen molar-refractivity contribution in [3.63, 3.8) is 0 Å². The number of carbonyl (C=O) groups excluding carboxylic acids is 2. The molecule has 2 aromatic rings.